The summed E-state index contributed by atoms with van der Waals surface area (Å²) in [6, 6.07) is 0.410. The molecule has 0 amide bonds. The largest absolute Gasteiger partial charge is 0.493 e. The van der Waals surface area contributed by atoms with E-state index in [2.05, 4.69) is 29.1 Å². The first-order valence-corrected chi connectivity index (χ1v) is 8.57. The number of methoxy groups -OCH3 is 1. The summed E-state index contributed by atoms with van der Waals surface area (Å²) in [4.78, 5) is 0. The second kappa shape index (κ2) is 5.01. The zero-order valence-electron chi connectivity index (χ0n) is 13.4. The summed E-state index contributed by atoms with van der Waals surface area (Å²) in [6.07, 6.45) is 7.46. The highest BCUT2D eigenvalue weighted by molar-refractivity contribution is 5.32. The third-order valence-electron chi connectivity index (χ3n) is 6.29. The molecule has 116 valence electrons. The molecule has 3 saturated carbocycles. The van der Waals surface area contributed by atoms with Gasteiger partial charge in [-0.05, 0) is 62.3 Å². The van der Waals surface area contributed by atoms with Crippen LogP contribution in [0.25, 0.3) is 0 Å². The number of rotatable bonds is 6. The Morgan fingerprint density at radius 3 is 2.67 bits per heavy atom. The molecule has 5 atom stereocenters. The second-order valence-electron chi connectivity index (χ2n) is 7.15. The number of hydrogen-bond acceptors (Lipinski definition) is 3. The van der Waals surface area contributed by atoms with E-state index in [9.17, 15) is 0 Å². The van der Waals surface area contributed by atoms with E-state index in [1.807, 2.05) is 6.20 Å². The number of ether oxygens (including phenoxy) is 1. The summed E-state index contributed by atoms with van der Waals surface area (Å²) in [5.41, 5.74) is 1.28. The van der Waals surface area contributed by atoms with E-state index in [0.717, 1.165) is 48.3 Å². The van der Waals surface area contributed by atoms with E-state index in [1.165, 1.54) is 25.0 Å². The van der Waals surface area contributed by atoms with Crippen LogP contribution in [0.1, 0.15) is 44.3 Å². The molecule has 1 aromatic rings. The molecule has 3 fully saturated rings. The summed E-state index contributed by atoms with van der Waals surface area (Å²) in [5, 5.41) is 8.15. The minimum atomic E-state index is 0.410. The Morgan fingerprint density at radius 2 is 2.10 bits per heavy atom. The van der Waals surface area contributed by atoms with Crippen molar-refractivity contribution in [3.63, 3.8) is 0 Å². The van der Waals surface area contributed by atoms with Crippen LogP contribution in [0.3, 0.4) is 0 Å². The standard InChI is InChI=1S/C17H27N3O/c1-4-7-20-17(12(21-3)9-19-20)16(18-2)15-13-10-5-6-11(8-10)14(13)15/h9-11,13-16,18H,4-8H2,1-3H3. The smallest absolute Gasteiger partial charge is 0.161 e. The van der Waals surface area contributed by atoms with Gasteiger partial charge in [0.05, 0.1) is 25.0 Å². The fourth-order valence-corrected chi connectivity index (χ4v) is 5.59. The van der Waals surface area contributed by atoms with Crippen molar-refractivity contribution in [2.75, 3.05) is 14.2 Å². The molecule has 5 unspecified atom stereocenters. The molecule has 0 aromatic carbocycles. The molecule has 2 bridgehead atoms. The summed E-state index contributed by atoms with van der Waals surface area (Å²) in [6.45, 7) is 3.18. The van der Waals surface area contributed by atoms with Crippen molar-refractivity contribution < 1.29 is 4.74 Å². The van der Waals surface area contributed by atoms with Crippen molar-refractivity contribution in [2.24, 2.45) is 29.6 Å². The number of nitrogens with one attached hydrogen (secondary N) is 1. The summed E-state index contributed by atoms with van der Waals surface area (Å²) < 4.78 is 7.76. The number of nitrogens with zero attached hydrogens (tertiary/aromatic N) is 2. The molecular weight excluding hydrogens is 262 g/mol. The Hall–Kier alpha value is -1.03. The van der Waals surface area contributed by atoms with Crippen LogP contribution >= 0.6 is 0 Å². The molecule has 0 saturated heterocycles. The highest BCUT2D eigenvalue weighted by Crippen LogP contribution is 2.72. The lowest BCUT2D eigenvalue weighted by Crippen LogP contribution is -2.25. The van der Waals surface area contributed by atoms with Gasteiger partial charge in [-0.1, -0.05) is 6.92 Å². The third kappa shape index (κ3) is 1.88. The predicted octanol–water partition coefficient (Wildman–Crippen LogP) is 2.85. The van der Waals surface area contributed by atoms with E-state index >= 15 is 0 Å². The van der Waals surface area contributed by atoms with Gasteiger partial charge in [0.15, 0.2) is 5.75 Å². The lowest BCUT2D eigenvalue weighted by atomic mass is 9.95. The van der Waals surface area contributed by atoms with Crippen molar-refractivity contribution in [2.45, 2.75) is 45.2 Å². The zero-order valence-corrected chi connectivity index (χ0v) is 13.4. The van der Waals surface area contributed by atoms with E-state index in [0.29, 0.717) is 6.04 Å². The maximum atomic E-state index is 5.60. The average Bonchev–Trinajstić information content (AvgIpc) is 2.83. The number of aryl methyl sites for hydroxylation is 1. The normalized spacial score (nSPS) is 37.6. The van der Waals surface area contributed by atoms with Gasteiger partial charge in [0.1, 0.15) is 0 Å². The first-order valence-electron chi connectivity index (χ1n) is 8.57. The molecule has 4 nitrogen and oxygen atoms in total. The molecule has 3 aliphatic rings. The van der Waals surface area contributed by atoms with Gasteiger partial charge >= 0.3 is 0 Å². The van der Waals surface area contributed by atoms with Crippen LogP contribution in [-0.2, 0) is 6.54 Å². The lowest BCUT2D eigenvalue weighted by Gasteiger charge is -2.22. The van der Waals surface area contributed by atoms with Crippen LogP contribution in [0, 0.1) is 29.6 Å². The maximum Gasteiger partial charge on any atom is 0.161 e. The fraction of sp³-hybridized carbons (Fsp3) is 0.824. The lowest BCUT2D eigenvalue weighted by molar-refractivity contribution is 0.346. The van der Waals surface area contributed by atoms with E-state index in [1.54, 1.807) is 7.11 Å². The van der Waals surface area contributed by atoms with Crippen LogP contribution in [-0.4, -0.2) is 23.9 Å². The average molecular weight is 289 g/mol. The molecule has 1 heterocycles. The van der Waals surface area contributed by atoms with Gasteiger partial charge in [0.25, 0.3) is 0 Å². The van der Waals surface area contributed by atoms with Gasteiger partial charge in [-0.25, -0.2) is 0 Å². The van der Waals surface area contributed by atoms with Gasteiger partial charge < -0.3 is 10.1 Å². The number of hydrogen-bond donors (Lipinski definition) is 1. The van der Waals surface area contributed by atoms with Crippen LogP contribution < -0.4 is 10.1 Å². The monoisotopic (exact) mass is 289 g/mol. The Bertz CT molecular complexity index is 510. The van der Waals surface area contributed by atoms with Gasteiger partial charge in [0.2, 0.25) is 0 Å². The van der Waals surface area contributed by atoms with Crippen LogP contribution in [0.4, 0.5) is 0 Å². The van der Waals surface area contributed by atoms with Crippen molar-refractivity contribution >= 4 is 0 Å². The van der Waals surface area contributed by atoms with E-state index in [4.69, 9.17) is 4.74 Å². The van der Waals surface area contributed by atoms with Crippen molar-refractivity contribution in [1.29, 1.82) is 0 Å². The van der Waals surface area contributed by atoms with Crippen molar-refractivity contribution in [1.82, 2.24) is 15.1 Å². The molecule has 4 rings (SSSR count). The Labute approximate surface area is 127 Å². The zero-order chi connectivity index (χ0) is 14.6. The maximum absolute atomic E-state index is 5.60. The van der Waals surface area contributed by atoms with Crippen LogP contribution in [0.2, 0.25) is 0 Å². The molecule has 4 heteroatoms. The topological polar surface area (TPSA) is 39.1 Å². The highest BCUT2D eigenvalue weighted by Gasteiger charge is 2.67. The first-order chi connectivity index (χ1) is 10.3. The first kappa shape index (κ1) is 13.6. The molecule has 3 aliphatic carbocycles. The molecule has 1 N–H and O–H groups in total. The minimum absolute atomic E-state index is 0.410. The van der Waals surface area contributed by atoms with Crippen LogP contribution in [0.15, 0.2) is 6.20 Å². The minimum Gasteiger partial charge on any atom is -0.493 e. The summed E-state index contributed by atoms with van der Waals surface area (Å²) >= 11 is 0. The van der Waals surface area contributed by atoms with Gasteiger partial charge in [-0.15, -0.1) is 0 Å². The Balaban J connectivity index is 1.63. The molecule has 21 heavy (non-hydrogen) atoms. The molecule has 1 aromatic heterocycles. The van der Waals surface area contributed by atoms with Gasteiger partial charge in [0, 0.05) is 6.54 Å². The Kier molecular flexibility index (Phi) is 3.25. The van der Waals surface area contributed by atoms with E-state index < -0.39 is 0 Å². The predicted molar refractivity (Wildman–Crippen MR) is 82.2 cm³/mol. The van der Waals surface area contributed by atoms with Crippen molar-refractivity contribution in [3.8, 4) is 5.75 Å². The summed E-state index contributed by atoms with van der Waals surface area (Å²) in [7, 11) is 3.87. The SMILES string of the molecule is CCCn1ncc(OC)c1C(NC)C1C2C3CCC(C3)C21. The second-order valence-corrected chi connectivity index (χ2v) is 7.15. The molecular formula is C17H27N3O. The third-order valence-corrected chi connectivity index (χ3v) is 6.29. The fourth-order valence-electron chi connectivity index (χ4n) is 5.59. The van der Waals surface area contributed by atoms with Crippen LogP contribution in [0.5, 0.6) is 5.75 Å². The number of aromatic nitrogens is 2. The highest BCUT2D eigenvalue weighted by atomic mass is 16.5. The van der Waals surface area contributed by atoms with E-state index in [-0.39, 0.29) is 0 Å². The summed E-state index contributed by atoms with van der Waals surface area (Å²) in [5.74, 6) is 5.72. The molecule has 0 radical (unpaired) electrons. The number of fused-ring (bicyclic) bond motifs is 5. The molecule has 0 aliphatic heterocycles. The quantitative estimate of drug-likeness (QED) is 0.875. The Morgan fingerprint density at radius 1 is 1.38 bits per heavy atom. The van der Waals surface area contributed by atoms with Gasteiger partial charge in [-0.3, -0.25) is 4.68 Å². The van der Waals surface area contributed by atoms with Gasteiger partial charge in [-0.2, -0.15) is 5.10 Å². The molecule has 0 spiro atoms. The van der Waals surface area contributed by atoms with Crippen molar-refractivity contribution in [3.05, 3.63) is 11.9 Å².